The average molecular weight is 580 g/mol. The monoisotopic (exact) mass is 579 g/mol. The minimum absolute atomic E-state index is 0.170. The zero-order valence-electron chi connectivity index (χ0n) is 22.6. The highest BCUT2D eigenvalue weighted by molar-refractivity contribution is 7.90. The third-order valence-corrected chi connectivity index (χ3v) is 13.1. The van der Waals surface area contributed by atoms with Gasteiger partial charge in [0.05, 0.1) is 23.3 Å². The third-order valence-electron chi connectivity index (χ3n) is 7.58. The van der Waals surface area contributed by atoms with E-state index in [0.717, 1.165) is 20.6 Å². The molecule has 0 amide bonds. The zero-order chi connectivity index (χ0) is 29.0. The Morgan fingerprint density at radius 1 is 1.15 bits per heavy atom. The lowest BCUT2D eigenvalue weighted by Crippen LogP contribution is -2.56. The number of benzene rings is 1. The Morgan fingerprint density at radius 3 is 2.36 bits per heavy atom. The molecule has 1 aromatic heterocycles. The van der Waals surface area contributed by atoms with Crippen LogP contribution in [0.25, 0.3) is 0 Å². The number of carbonyl (C=O) groups is 1. The summed E-state index contributed by atoms with van der Waals surface area (Å²) in [7, 11) is -5.43. The molecule has 4 atom stereocenters. The topological polar surface area (TPSA) is 158 Å². The van der Waals surface area contributed by atoms with Crippen molar-refractivity contribution in [2.24, 2.45) is 12.8 Å². The summed E-state index contributed by atoms with van der Waals surface area (Å²) in [6.07, 6.45) is -2.98. The van der Waals surface area contributed by atoms with Crippen LogP contribution < -0.4 is 17.0 Å². The van der Waals surface area contributed by atoms with Gasteiger partial charge >= 0.3 is 11.7 Å². The van der Waals surface area contributed by atoms with E-state index < -0.39 is 59.7 Å². The summed E-state index contributed by atoms with van der Waals surface area (Å²) in [5.74, 6) is -0.821. The second-order valence-corrected chi connectivity index (χ2v) is 17.3. The first-order valence-electron chi connectivity index (χ1n) is 12.3. The molecule has 2 aliphatic rings. The Balaban J connectivity index is 1.86. The number of aromatic nitrogens is 2. The molecule has 14 heteroatoms. The van der Waals surface area contributed by atoms with Gasteiger partial charge in [0.1, 0.15) is 6.10 Å². The Bertz CT molecular complexity index is 1530. The van der Waals surface area contributed by atoms with Crippen molar-refractivity contribution in [2.45, 2.75) is 62.9 Å². The fourth-order valence-corrected chi connectivity index (χ4v) is 6.49. The van der Waals surface area contributed by atoms with E-state index in [1.165, 1.54) is 25.4 Å². The molecule has 3 heterocycles. The smallest absolute Gasteiger partial charge is 0.338 e. The van der Waals surface area contributed by atoms with Gasteiger partial charge in [-0.3, -0.25) is 13.9 Å². The van der Waals surface area contributed by atoms with Gasteiger partial charge in [0.2, 0.25) is 0 Å². The number of nitrogens with two attached hydrogens (primary N) is 1. The normalized spacial score (nSPS) is 26.5. The van der Waals surface area contributed by atoms with Crippen LogP contribution in [0.3, 0.4) is 0 Å². The maximum absolute atomic E-state index is 13.2. The minimum atomic E-state index is -4.31. The van der Waals surface area contributed by atoms with Gasteiger partial charge in [0, 0.05) is 19.3 Å². The van der Waals surface area contributed by atoms with Gasteiger partial charge in [-0.05, 0) is 30.3 Å². The van der Waals surface area contributed by atoms with Crippen LogP contribution in [0, 0.1) is 0 Å². The predicted molar refractivity (Wildman–Crippen MR) is 144 cm³/mol. The van der Waals surface area contributed by atoms with Gasteiger partial charge in [-0.2, -0.15) is 8.42 Å². The van der Waals surface area contributed by atoms with Crippen LogP contribution in [-0.4, -0.2) is 56.3 Å². The highest BCUT2D eigenvalue weighted by Crippen LogP contribution is 2.49. The maximum atomic E-state index is 13.2. The molecule has 0 radical (unpaired) electrons. The zero-order valence-corrected chi connectivity index (χ0v) is 24.4. The Kier molecular flexibility index (Phi) is 7.32. The van der Waals surface area contributed by atoms with E-state index in [1.807, 2.05) is 33.9 Å². The molecule has 12 nitrogen and oxygen atoms in total. The van der Waals surface area contributed by atoms with E-state index in [2.05, 4.69) is 0 Å². The van der Waals surface area contributed by atoms with E-state index in [4.69, 9.17) is 23.8 Å². The first-order chi connectivity index (χ1) is 18.0. The average Bonchev–Trinajstić information content (AvgIpc) is 3.27. The van der Waals surface area contributed by atoms with Crippen LogP contribution in [0.4, 0.5) is 0 Å². The van der Waals surface area contributed by atoms with E-state index in [-0.39, 0.29) is 22.9 Å². The summed E-state index contributed by atoms with van der Waals surface area (Å²) in [6.45, 7) is 9.94. The van der Waals surface area contributed by atoms with Crippen molar-refractivity contribution in [3.8, 4) is 0 Å². The first kappa shape index (κ1) is 29.0. The van der Waals surface area contributed by atoms with Gasteiger partial charge in [-0.1, -0.05) is 39.0 Å². The summed E-state index contributed by atoms with van der Waals surface area (Å²) >= 11 is 0. The second-order valence-electron chi connectivity index (χ2n) is 11.1. The lowest BCUT2D eigenvalue weighted by atomic mass is 9.89. The molecule has 0 aliphatic carbocycles. The van der Waals surface area contributed by atoms with E-state index in [0.29, 0.717) is 0 Å². The second kappa shape index (κ2) is 9.85. The molecule has 0 saturated carbocycles. The number of ether oxygens (including phenoxy) is 2. The van der Waals surface area contributed by atoms with Crippen LogP contribution in [-0.2, 0) is 35.2 Å². The van der Waals surface area contributed by atoms with Crippen molar-refractivity contribution in [3.63, 3.8) is 0 Å². The van der Waals surface area contributed by atoms with E-state index in [9.17, 15) is 22.8 Å². The van der Waals surface area contributed by atoms with Gasteiger partial charge in [0.25, 0.3) is 15.7 Å². The van der Waals surface area contributed by atoms with Crippen molar-refractivity contribution in [2.75, 3.05) is 6.61 Å². The van der Waals surface area contributed by atoms with Crippen molar-refractivity contribution in [1.82, 2.24) is 9.13 Å². The van der Waals surface area contributed by atoms with Crippen LogP contribution >= 0.6 is 0 Å². The van der Waals surface area contributed by atoms with Crippen molar-refractivity contribution < 1.29 is 31.3 Å². The lowest BCUT2D eigenvalue weighted by molar-refractivity contribution is -0.0596. The molecule has 2 N–H and O–H groups in total. The van der Waals surface area contributed by atoms with Gasteiger partial charge < -0.3 is 19.6 Å². The number of esters is 1. The molecular formula is C25H33N3O9SSi. The highest BCUT2D eigenvalue weighted by atomic mass is 32.2. The Hall–Kier alpha value is -3.04. The molecule has 1 aromatic carbocycles. The van der Waals surface area contributed by atoms with Crippen LogP contribution in [0.1, 0.15) is 37.4 Å². The predicted octanol–water partition coefficient (Wildman–Crippen LogP) is 1.59. The molecular weight excluding hydrogens is 546 g/mol. The fraction of sp³-hybridized carbons (Fsp3) is 0.480. The van der Waals surface area contributed by atoms with Crippen molar-refractivity contribution in [3.05, 3.63) is 80.1 Å². The largest absolute Gasteiger partial charge is 0.450 e. The molecule has 1 spiro atoms. The third kappa shape index (κ3) is 5.14. The molecule has 2 aromatic rings. The molecule has 2 unspecified atom stereocenters. The first-order valence-corrected chi connectivity index (χ1v) is 16.6. The SMILES string of the molecule is Cn1c(=O)ccn([C@@H]2OC(CO[Si](C)(C)C(C)(C)C)C3(OS(=O)(=O)C=C3N)[C@H]2OC(=O)c2ccccc2)c1=O. The van der Waals surface area contributed by atoms with E-state index >= 15 is 0 Å². The number of nitrogens with zero attached hydrogens (tertiary/aromatic N) is 2. The summed E-state index contributed by atoms with van der Waals surface area (Å²) in [6, 6.07) is 9.15. The van der Waals surface area contributed by atoms with Crippen LogP contribution in [0.5, 0.6) is 0 Å². The van der Waals surface area contributed by atoms with Gasteiger partial charge in [-0.15, -0.1) is 0 Å². The number of hydrogen-bond acceptors (Lipinski definition) is 10. The molecule has 2 aliphatic heterocycles. The molecule has 4 rings (SSSR count). The summed E-state index contributed by atoms with van der Waals surface area (Å²) in [4.78, 5) is 38.4. The van der Waals surface area contributed by atoms with Crippen LogP contribution in [0.15, 0.2) is 63.3 Å². The standard InChI is InChI=1S/C25H33N3O9SSi/c1-24(2,3)39(5,6)34-14-18-25(17(26)15-38(32,33)37-25)20(36-22(30)16-10-8-7-9-11-16)21(35-18)28-13-12-19(29)27(4)23(28)31/h7-13,15,18,20-21H,14,26H2,1-6H3/t18?,20-,21+,25?/m0/s1. The van der Waals surface area contributed by atoms with Gasteiger partial charge in [0.15, 0.2) is 26.3 Å². The van der Waals surface area contributed by atoms with E-state index in [1.54, 1.807) is 18.2 Å². The highest BCUT2D eigenvalue weighted by Gasteiger charge is 2.67. The van der Waals surface area contributed by atoms with Crippen molar-refractivity contribution in [1.29, 1.82) is 0 Å². The summed E-state index contributed by atoms with van der Waals surface area (Å²) < 4.78 is 51.3. The fourth-order valence-electron chi connectivity index (χ4n) is 4.26. The summed E-state index contributed by atoms with van der Waals surface area (Å²) in [5.41, 5.74) is 2.82. The molecule has 1 saturated heterocycles. The lowest BCUT2D eigenvalue weighted by Gasteiger charge is -2.39. The molecule has 1 fully saturated rings. The molecule has 212 valence electrons. The quantitative estimate of drug-likeness (QED) is 0.303. The number of rotatable bonds is 6. The number of carbonyl (C=O) groups excluding carboxylic acids is 1. The van der Waals surface area contributed by atoms with Crippen molar-refractivity contribution >= 4 is 24.4 Å². The molecule has 39 heavy (non-hydrogen) atoms. The summed E-state index contributed by atoms with van der Waals surface area (Å²) in [5, 5.41) is 0.543. The Morgan fingerprint density at radius 2 is 1.79 bits per heavy atom. The Labute approximate surface area is 227 Å². The number of hydrogen-bond donors (Lipinski definition) is 1. The molecule has 0 bridgehead atoms. The van der Waals surface area contributed by atoms with Crippen LogP contribution in [0.2, 0.25) is 18.1 Å². The maximum Gasteiger partial charge on any atom is 0.338 e. The minimum Gasteiger partial charge on any atom is -0.450 e. The van der Waals surface area contributed by atoms with Gasteiger partial charge in [-0.25, -0.2) is 13.8 Å².